The Labute approximate surface area is 103 Å². The van der Waals surface area contributed by atoms with Gasteiger partial charge in [0.25, 0.3) is 0 Å². The number of hydrogen-bond acceptors (Lipinski definition) is 3. The first-order valence-electron chi connectivity index (χ1n) is 5.34. The van der Waals surface area contributed by atoms with Gasteiger partial charge in [0.1, 0.15) is 5.75 Å². The van der Waals surface area contributed by atoms with Crippen molar-refractivity contribution >= 4 is 15.7 Å². The molecule has 0 aliphatic rings. The fourth-order valence-corrected chi connectivity index (χ4v) is 1.95. The summed E-state index contributed by atoms with van der Waals surface area (Å²) < 4.78 is 30.9. The smallest absolute Gasteiger partial charge is 0.237 e. The predicted molar refractivity (Wildman–Crippen MR) is 70.0 cm³/mol. The molecule has 1 rings (SSSR count). The summed E-state index contributed by atoms with van der Waals surface area (Å²) in [5, 5.41) is 0. The standard InChI is InChI=1S/C12H19NO3S/c1-9-6-7-11(16-5)10(8-9)13-17(14,15)12(2,3)4/h6-8,13H,1-5H3. The zero-order chi connectivity index (χ0) is 13.3. The second-order valence-electron chi connectivity index (χ2n) is 4.92. The van der Waals surface area contributed by atoms with Gasteiger partial charge in [0.2, 0.25) is 10.0 Å². The molecule has 0 radical (unpaired) electrons. The van der Waals surface area contributed by atoms with Crippen molar-refractivity contribution in [1.29, 1.82) is 0 Å². The SMILES string of the molecule is COc1ccc(C)cc1NS(=O)(=O)C(C)(C)C. The number of sulfonamides is 1. The van der Waals surface area contributed by atoms with E-state index in [1.165, 1.54) is 7.11 Å². The topological polar surface area (TPSA) is 55.4 Å². The summed E-state index contributed by atoms with van der Waals surface area (Å²) in [6.07, 6.45) is 0. The Hall–Kier alpha value is -1.23. The Morgan fingerprint density at radius 1 is 1.24 bits per heavy atom. The number of aryl methyl sites for hydroxylation is 1. The monoisotopic (exact) mass is 257 g/mol. The highest BCUT2D eigenvalue weighted by molar-refractivity contribution is 7.94. The van der Waals surface area contributed by atoms with Crippen LogP contribution < -0.4 is 9.46 Å². The summed E-state index contributed by atoms with van der Waals surface area (Å²) in [7, 11) is -1.92. The minimum Gasteiger partial charge on any atom is -0.495 e. The molecule has 0 aliphatic heterocycles. The quantitative estimate of drug-likeness (QED) is 0.905. The number of hydrogen-bond donors (Lipinski definition) is 1. The van der Waals surface area contributed by atoms with Crippen molar-refractivity contribution in [2.24, 2.45) is 0 Å². The molecule has 0 atom stereocenters. The maximum Gasteiger partial charge on any atom is 0.237 e. The molecule has 4 nitrogen and oxygen atoms in total. The van der Waals surface area contributed by atoms with Gasteiger partial charge in [-0.2, -0.15) is 0 Å². The highest BCUT2D eigenvalue weighted by atomic mass is 32.2. The molecule has 0 aliphatic carbocycles. The van der Waals surface area contributed by atoms with Gasteiger partial charge in [-0.15, -0.1) is 0 Å². The maximum atomic E-state index is 12.0. The third-order valence-electron chi connectivity index (χ3n) is 2.41. The van der Waals surface area contributed by atoms with E-state index in [9.17, 15) is 8.42 Å². The van der Waals surface area contributed by atoms with E-state index in [4.69, 9.17) is 4.74 Å². The molecular formula is C12H19NO3S. The molecule has 1 N–H and O–H groups in total. The summed E-state index contributed by atoms with van der Waals surface area (Å²) in [5.74, 6) is 0.517. The van der Waals surface area contributed by atoms with Crippen molar-refractivity contribution in [2.75, 3.05) is 11.8 Å². The molecule has 5 heteroatoms. The van der Waals surface area contributed by atoms with Crippen LogP contribution in [0.15, 0.2) is 18.2 Å². The van der Waals surface area contributed by atoms with Crippen LogP contribution in [0.2, 0.25) is 0 Å². The number of methoxy groups -OCH3 is 1. The van der Waals surface area contributed by atoms with Gasteiger partial charge in [-0.25, -0.2) is 8.42 Å². The van der Waals surface area contributed by atoms with Gasteiger partial charge in [0.15, 0.2) is 0 Å². The first-order chi connectivity index (χ1) is 7.67. The second-order valence-corrected chi connectivity index (χ2v) is 7.36. The second kappa shape index (κ2) is 4.56. The third-order valence-corrected chi connectivity index (χ3v) is 4.51. The summed E-state index contributed by atoms with van der Waals surface area (Å²) >= 11 is 0. The minimum atomic E-state index is -3.43. The fourth-order valence-electron chi connectivity index (χ4n) is 1.20. The number of rotatable bonds is 3. The van der Waals surface area contributed by atoms with Gasteiger partial charge in [-0.1, -0.05) is 6.07 Å². The maximum absolute atomic E-state index is 12.0. The number of benzene rings is 1. The predicted octanol–water partition coefficient (Wildman–Crippen LogP) is 2.54. The molecule has 1 aromatic rings. The minimum absolute atomic E-state index is 0.474. The van der Waals surface area contributed by atoms with Crippen molar-refractivity contribution in [3.05, 3.63) is 23.8 Å². The van der Waals surface area contributed by atoms with Crippen LogP contribution in [0.5, 0.6) is 5.75 Å². The van der Waals surface area contributed by atoms with E-state index in [-0.39, 0.29) is 0 Å². The summed E-state index contributed by atoms with van der Waals surface area (Å²) in [6.45, 7) is 6.85. The van der Waals surface area contributed by atoms with Gasteiger partial charge >= 0.3 is 0 Å². The van der Waals surface area contributed by atoms with E-state index < -0.39 is 14.8 Å². The number of nitrogens with one attached hydrogen (secondary N) is 1. The molecule has 1 aromatic carbocycles. The lowest BCUT2D eigenvalue weighted by atomic mass is 10.2. The van der Waals surface area contributed by atoms with Crippen LogP contribution in [-0.2, 0) is 10.0 Å². The van der Waals surface area contributed by atoms with Crippen LogP contribution >= 0.6 is 0 Å². The molecule has 0 saturated carbocycles. The molecule has 0 heterocycles. The van der Waals surface area contributed by atoms with Crippen LogP contribution in [0.25, 0.3) is 0 Å². The van der Waals surface area contributed by atoms with Gasteiger partial charge in [0.05, 0.1) is 17.5 Å². The van der Waals surface area contributed by atoms with Crippen LogP contribution in [0.4, 0.5) is 5.69 Å². The van der Waals surface area contributed by atoms with Gasteiger partial charge in [-0.05, 0) is 45.4 Å². The molecule has 17 heavy (non-hydrogen) atoms. The van der Waals surface area contributed by atoms with E-state index in [2.05, 4.69) is 4.72 Å². The molecule has 0 amide bonds. The normalized spacial score (nSPS) is 12.3. The Kier molecular flexibility index (Phi) is 3.71. The Bertz CT molecular complexity index is 501. The van der Waals surface area contributed by atoms with Crippen molar-refractivity contribution in [1.82, 2.24) is 0 Å². The van der Waals surface area contributed by atoms with Crippen molar-refractivity contribution in [2.45, 2.75) is 32.4 Å². The number of anilines is 1. The lowest BCUT2D eigenvalue weighted by molar-refractivity contribution is 0.416. The lowest BCUT2D eigenvalue weighted by Gasteiger charge is -2.21. The van der Waals surface area contributed by atoms with Gasteiger partial charge < -0.3 is 4.74 Å². The molecule has 0 aromatic heterocycles. The zero-order valence-electron chi connectivity index (χ0n) is 10.9. The molecular weight excluding hydrogens is 238 g/mol. The van der Waals surface area contributed by atoms with Crippen LogP contribution in [-0.4, -0.2) is 20.3 Å². The molecule has 0 spiro atoms. The average Bonchev–Trinajstić information content (AvgIpc) is 2.15. The van der Waals surface area contributed by atoms with Crippen LogP contribution in [0.1, 0.15) is 26.3 Å². The first kappa shape index (κ1) is 13.8. The van der Waals surface area contributed by atoms with Crippen molar-refractivity contribution in [3.63, 3.8) is 0 Å². The molecule has 0 fully saturated rings. The fraction of sp³-hybridized carbons (Fsp3) is 0.500. The van der Waals surface area contributed by atoms with E-state index >= 15 is 0 Å². The van der Waals surface area contributed by atoms with Crippen LogP contribution in [0.3, 0.4) is 0 Å². The van der Waals surface area contributed by atoms with E-state index in [1.807, 2.05) is 13.0 Å². The zero-order valence-corrected chi connectivity index (χ0v) is 11.7. The Balaban J connectivity index is 3.16. The molecule has 0 unspecified atom stereocenters. The Morgan fingerprint density at radius 3 is 2.29 bits per heavy atom. The van der Waals surface area contributed by atoms with E-state index in [0.717, 1.165) is 5.56 Å². The summed E-state index contributed by atoms with van der Waals surface area (Å²) in [4.78, 5) is 0. The van der Waals surface area contributed by atoms with Gasteiger partial charge in [-0.3, -0.25) is 4.72 Å². The average molecular weight is 257 g/mol. The van der Waals surface area contributed by atoms with Crippen molar-refractivity contribution < 1.29 is 13.2 Å². The highest BCUT2D eigenvalue weighted by Gasteiger charge is 2.29. The van der Waals surface area contributed by atoms with Crippen molar-refractivity contribution in [3.8, 4) is 5.75 Å². The highest BCUT2D eigenvalue weighted by Crippen LogP contribution is 2.28. The van der Waals surface area contributed by atoms with Gasteiger partial charge in [0, 0.05) is 0 Å². The van der Waals surface area contributed by atoms with Crippen LogP contribution in [0, 0.1) is 6.92 Å². The largest absolute Gasteiger partial charge is 0.495 e. The molecule has 96 valence electrons. The first-order valence-corrected chi connectivity index (χ1v) is 6.83. The van der Waals surface area contributed by atoms with E-state index in [1.54, 1.807) is 32.9 Å². The Morgan fingerprint density at radius 2 is 1.82 bits per heavy atom. The lowest BCUT2D eigenvalue weighted by Crippen LogP contribution is -2.33. The van der Waals surface area contributed by atoms with E-state index in [0.29, 0.717) is 11.4 Å². The summed E-state index contributed by atoms with van der Waals surface area (Å²) in [5.41, 5.74) is 1.44. The summed E-state index contributed by atoms with van der Waals surface area (Å²) in [6, 6.07) is 5.37. The number of ether oxygens (including phenoxy) is 1. The molecule has 0 saturated heterocycles. The third kappa shape index (κ3) is 3.12. The molecule has 0 bridgehead atoms.